The largest absolute Gasteiger partial charge is 0.383 e. The fourth-order valence-electron chi connectivity index (χ4n) is 2.16. The third-order valence-electron chi connectivity index (χ3n) is 2.88. The molecule has 0 radical (unpaired) electrons. The average Bonchev–Trinajstić information content (AvgIpc) is 2.50. The number of nitrogens with one attached hydrogen (secondary N) is 1. The molecule has 17 heavy (non-hydrogen) atoms. The number of benzene rings is 1. The number of amides is 1. The van der Waals surface area contributed by atoms with Gasteiger partial charge >= 0.3 is 0 Å². The van der Waals surface area contributed by atoms with E-state index in [9.17, 15) is 4.79 Å². The Balaban J connectivity index is 2.51. The van der Waals surface area contributed by atoms with Crippen LogP contribution >= 0.6 is 15.9 Å². The monoisotopic (exact) mass is 297 g/mol. The van der Waals surface area contributed by atoms with Crippen molar-refractivity contribution in [2.45, 2.75) is 13.3 Å². The lowest BCUT2D eigenvalue weighted by Gasteiger charge is -2.24. The van der Waals surface area contributed by atoms with E-state index in [1.54, 1.807) is 4.90 Å². The van der Waals surface area contributed by atoms with Crippen LogP contribution in [0.5, 0.6) is 0 Å². The molecule has 1 aliphatic heterocycles. The zero-order chi connectivity index (χ0) is 12.4. The molecule has 0 spiro atoms. The van der Waals surface area contributed by atoms with Gasteiger partial charge in [0.2, 0.25) is 5.91 Å². The van der Waals surface area contributed by atoms with Crippen molar-refractivity contribution in [3.63, 3.8) is 0 Å². The Labute approximate surface area is 109 Å². The Morgan fingerprint density at radius 2 is 2.35 bits per heavy atom. The first-order valence-corrected chi connectivity index (χ1v) is 6.47. The van der Waals surface area contributed by atoms with E-state index < -0.39 is 0 Å². The molecule has 0 atom stereocenters. The van der Waals surface area contributed by atoms with Crippen LogP contribution in [0.2, 0.25) is 0 Å². The summed E-state index contributed by atoms with van der Waals surface area (Å²) in [5.41, 5.74) is 8.50. The summed E-state index contributed by atoms with van der Waals surface area (Å²) in [5.74, 6) is -0.0274. The second-order valence-corrected chi connectivity index (χ2v) is 5.06. The zero-order valence-electron chi connectivity index (χ0n) is 9.79. The third-order valence-corrected chi connectivity index (χ3v) is 3.34. The van der Waals surface area contributed by atoms with E-state index in [0.29, 0.717) is 0 Å². The van der Waals surface area contributed by atoms with E-state index in [-0.39, 0.29) is 12.5 Å². The normalized spacial score (nSPS) is 14.9. The Hall–Kier alpha value is -1.07. The third kappa shape index (κ3) is 2.45. The molecular weight excluding hydrogens is 282 g/mol. The highest BCUT2D eigenvalue weighted by Gasteiger charge is 2.22. The van der Waals surface area contributed by atoms with Crippen molar-refractivity contribution >= 4 is 33.2 Å². The van der Waals surface area contributed by atoms with E-state index in [1.807, 2.05) is 19.1 Å². The minimum atomic E-state index is -0.0274. The van der Waals surface area contributed by atoms with Crippen LogP contribution in [0, 0.1) is 6.92 Å². The van der Waals surface area contributed by atoms with Crippen LogP contribution in [-0.4, -0.2) is 25.5 Å². The molecule has 5 heteroatoms. The van der Waals surface area contributed by atoms with Gasteiger partial charge < -0.3 is 16.0 Å². The van der Waals surface area contributed by atoms with Gasteiger partial charge in [-0.25, -0.2) is 0 Å². The molecule has 0 bridgehead atoms. The number of hydrogen-bond acceptors (Lipinski definition) is 3. The molecule has 3 N–H and O–H groups in total. The van der Waals surface area contributed by atoms with Crippen LogP contribution in [0.1, 0.15) is 12.0 Å². The predicted molar refractivity (Wildman–Crippen MR) is 73.4 cm³/mol. The fourth-order valence-corrected chi connectivity index (χ4v) is 2.73. The first-order valence-electron chi connectivity index (χ1n) is 5.68. The van der Waals surface area contributed by atoms with Gasteiger partial charge in [-0.2, -0.15) is 0 Å². The smallest absolute Gasteiger partial charge is 0.240 e. The summed E-state index contributed by atoms with van der Waals surface area (Å²) in [5, 5.41) is 3.35. The maximum Gasteiger partial charge on any atom is 0.240 e. The van der Waals surface area contributed by atoms with Crippen molar-refractivity contribution in [1.82, 2.24) is 0 Å². The molecule has 0 aromatic heterocycles. The summed E-state index contributed by atoms with van der Waals surface area (Å²) in [6, 6.07) is 4.02. The van der Waals surface area contributed by atoms with E-state index in [1.165, 1.54) is 0 Å². The lowest BCUT2D eigenvalue weighted by molar-refractivity contribution is -0.117. The molecular formula is C12H16BrN3O. The SMILES string of the molecule is Cc1cc(Br)cc2c1N(C(=O)CN)CCCN2. The Morgan fingerprint density at radius 3 is 3.06 bits per heavy atom. The number of nitrogens with zero attached hydrogens (tertiary/aromatic N) is 1. The van der Waals surface area contributed by atoms with Gasteiger partial charge in [0.05, 0.1) is 17.9 Å². The minimum Gasteiger partial charge on any atom is -0.383 e. The lowest BCUT2D eigenvalue weighted by Crippen LogP contribution is -2.36. The Kier molecular flexibility index (Phi) is 3.69. The maximum absolute atomic E-state index is 11.9. The van der Waals surface area contributed by atoms with Gasteiger partial charge in [0.1, 0.15) is 0 Å². The van der Waals surface area contributed by atoms with Gasteiger partial charge in [0.15, 0.2) is 0 Å². The van der Waals surface area contributed by atoms with E-state index in [4.69, 9.17) is 5.73 Å². The van der Waals surface area contributed by atoms with Crippen molar-refractivity contribution in [2.24, 2.45) is 5.73 Å². The molecule has 1 aromatic rings. The molecule has 4 nitrogen and oxygen atoms in total. The molecule has 1 aromatic carbocycles. The molecule has 92 valence electrons. The highest BCUT2D eigenvalue weighted by atomic mass is 79.9. The second kappa shape index (κ2) is 5.06. The predicted octanol–water partition coefficient (Wildman–Crippen LogP) is 1.86. The molecule has 0 unspecified atom stereocenters. The lowest BCUT2D eigenvalue weighted by atomic mass is 10.1. The van der Waals surface area contributed by atoms with Crippen molar-refractivity contribution in [2.75, 3.05) is 29.9 Å². The van der Waals surface area contributed by atoms with Crippen LogP contribution in [0.3, 0.4) is 0 Å². The molecule has 0 saturated carbocycles. The van der Waals surface area contributed by atoms with E-state index in [2.05, 4.69) is 21.2 Å². The van der Waals surface area contributed by atoms with Crippen molar-refractivity contribution in [3.8, 4) is 0 Å². The summed E-state index contributed by atoms with van der Waals surface area (Å²) in [7, 11) is 0. The average molecular weight is 298 g/mol. The highest BCUT2D eigenvalue weighted by molar-refractivity contribution is 9.10. The van der Waals surface area contributed by atoms with Gasteiger partial charge in [-0.05, 0) is 31.0 Å². The molecule has 1 aliphatic rings. The summed E-state index contributed by atoms with van der Waals surface area (Å²) in [6.07, 6.45) is 0.928. The van der Waals surface area contributed by atoms with Gasteiger partial charge in [0, 0.05) is 17.6 Å². The van der Waals surface area contributed by atoms with Crippen LogP contribution in [0.4, 0.5) is 11.4 Å². The van der Waals surface area contributed by atoms with Gasteiger partial charge in [-0.3, -0.25) is 4.79 Å². The highest BCUT2D eigenvalue weighted by Crippen LogP contribution is 2.35. The zero-order valence-corrected chi connectivity index (χ0v) is 11.4. The number of carbonyl (C=O) groups is 1. The topological polar surface area (TPSA) is 58.4 Å². The standard InChI is InChI=1S/C12H16BrN3O/c1-8-5-9(13)6-10-12(8)16(11(17)7-14)4-2-3-15-10/h5-6,15H,2-4,7,14H2,1H3. The van der Waals surface area contributed by atoms with Crippen LogP contribution in [0.25, 0.3) is 0 Å². The Morgan fingerprint density at radius 1 is 1.59 bits per heavy atom. The number of anilines is 2. The first kappa shape index (κ1) is 12.4. The fraction of sp³-hybridized carbons (Fsp3) is 0.417. The maximum atomic E-state index is 11.9. The van der Waals surface area contributed by atoms with Crippen LogP contribution < -0.4 is 16.0 Å². The number of carbonyl (C=O) groups excluding carboxylic acids is 1. The quantitative estimate of drug-likeness (QED) is 0.832. The number of hydrogen-bond donors (Lipinski definition) is 2. The van der Waals surface area contributed by atoms with Gasteiger partial charge in [-0.1, -0.05) is 15.9 Å². The first-order chi connectivity index (χ1) is 8.13. The molecule has 0 aliphatic carbocycles. The van der Waals surface area contributed by atoms with Crippen LogP contribution in [-0.2, 0) is 4.79 Å². The minimum absolute atomic E-state index is 0.0274. The van der Waals surface area contributed by atoms with Crippen LogP contribution in [0.15, 0.2) is 16.6 Å². The number of fused-ring (bicyclic) bond motifs is 1. The summed E-state index contributed by atoms with van der Waals surface area (Å²) in [6.45, 7) is 3.65. The number of halogens is 1. The summed E-state index contributed by atoms with van der Waals surface area (Å²) < 4.78 is 1.02. The second-order valence-electron chi connectivity index (χ2n) is 4.15. The molecule has 2 rings (SSSR count). The number of nitrogens with two attached hydrogens (primary N) is 1. The van der Waals surface area contributed by atoms with Gasteiger partial charge in [-0.15, -0.1) is 0 Å². The van der Waals surface area contributed by atoms with E-state index >= 15 is 0 Å². The molecule has 0 fully saturated rings. The summed E-state index contributed by atoms with van der Waals surface area (Å²) >= 11 is 3.47. The van der Waals surface area contributed by atoms with Gasteiger partial charge in [0.25, 0.3) is 0 Å². The van der Waals surface area contributed by atoms with E-state index in [0.717, 1.165) is 40.9 Å². The molecule has 1 amide bonds. The van der Waals surface area contributed by atoms with Crippen molar-refractivity contribution in [3.05, 3.63) is 22.2 Å². The molecule has 1 heterocycles. The Bertz CT molecular complexity index is 448. The summed E-state index contributed by atoms with van der Waals surface area (Å²) in [4.78, 5) is 13.7. The number of aryl methyl sites for hydroxylation is 1. The molecule has 0 saturated heterocycles. The number of rotatable bonds is 1. The van der Waals surface area contributed by atoms with Crippen molar-refractivity contribution in [1.29, 1.82) is 0 Å². The van der Waals surface area contributed by atoms with Crippen molar-refractivity contribution < 1.29 is 4.79 Å².